The molecule has 4 saturated carbocycles. The Hall–Kier alpha value is -0.900. The summed E-state index contributed by atoms with van der Waals surface area (Å²) in [7, 11) is 0. The fraction of sp³-hybridized carbons (Fsp3) is 0.867. The summed E-state index contributed by atoms with van der Waals surface area (Å²) >= 11 is 0. The molecule has 0 radical (unpaired) electrons. The van der Waals surface area contributed by atoms with Crippen LogP contribution in [-0.2, 0) is 6.42 Å². The molecule has 4 fully saturated rings. The van der Waals surface area contributed by atoms with Crippen LogP contribution in [0.4, 0.5) is 0 Å². The van der Waals surface area contributed by atoms with E-state index in [1.807, 2.05) is 6.92 Å². The second-order valence-electron chi connectivity index (χ2n) is 7.16. The van der Waals surface area contributed by atoms with E-state index < -0.39 is 0 Å². The van der Waals surface area contributed by atoms with Crippen molar-refractivity contribution in [2.45, 2.75) is 57.9 Å². The van der Waals surface area contributed by atoms with E-state index in [1.165, 1.54) is 38.5 Å². The number of nitrogens with two attached hydrogens (primary N) is 1. The van der Waals surface area contributed by atoms with Gasteiger partial charge in [0.1, 0.15) is 0 Å². The zero-order valence-corrected chi connectivity index (χ0v) is 11.6. The quantitative estimate of drug-likeness (QED) is 0.908. The van der Waals surface area contributed by atoms with Gasteiger partial charge < -0.3 is 10.3 Å². The maximum atomic E-state index is 6.57. The van der Waals surface area contributed by atoms with Crippen molar-refractivity contribution in [1.29, 1.82) is 0 Å². The lowest BCUT2D eigenvalue weighted by Gasteiger charge is -2.58. The molecule has 1 unspecified atom stereocenters. The number of nitrogens with zero attached hydrogens (tertiary/aromatic N) is 2. The van der Waals surface area contributed by atoms with Gasteiger partial charge in [-0.05, 0) is 61.7 Å². The highest BCUT2D eigenvalue weighted by Crippen LogP contribution is 2.63. The topological polar surface area (TPSA) is 64.9 Å². The van der Waals surface area contributed by atoms with E-state index in [0.717, 1.165) is 30.0 Å². The number of rotatable bonds is 3. The lowest BCUT2D eigenvalue weighted by molar-refractivity contribution is -0.0724. The van der Waals surface area contributed by atoms with Gasteiger partial charge in [0.05, 0.1) is 6.04 Å². The van der Waals surface area contributed by atoms with Gasteiger partial charge in [-0.2, -0.15) is 4.98 Å². The second-order valence-corrected chi connectivity index (χ2v) is 7.16. The predicted octanol–water partition coefficient (Wildman–Crippen LogP) is 2.85. The molecule has 104 valence electrons. The van der Waals surface area contributed by atoms with Crippen molar-refractivity contribution in [3.63, 3.8) is 0 Å². The Balaban J connectivity index is 1.63. The molecule has 0 saturated heterocycles. The van der Waals surface area contributed by atoms with Gasteiger partial charge >= 0.3 is 0 Å². The first-order valence-electron chi connectivity index (χ1n) is 7.76. The fourth-order valence-corrected chi connectivity index (χ4v) is 5.36. The van der Waals surface area contributed by atoms with Crippen molar-refractivity contribution < 1.29 is 4.52 Å². The van der Waals surface area contributed by atoms with Crippen LogP contribution < -0.4 is 5.73 Å². The molecule has 4 aliphatic rings. The van der Waals surface area contributed by atoms with Gasteiger partial charge in [-0.1, -0.05) is 12.1 Å². The van der Waals surface area contributed by atoms with Crippen molar-refractivity contribution in [1.82, 2.24) is 10.1 Å². The van der Waals surface area contributed by atoms with Gasteiger partial charge in [0.2, 0.25) is 5.89 Å². The second kappa shape index (κ2) is 4.05. The maximum Gasteiger partial charge on any atom is 0.244 e. The highest BCUT2D eigenvalue weighted by atomic mass is 16.5. The third kappa shape index (κ3) is 1.76. The minimum absolute atomic E-state index is 0.0475. The fourth-order valence-electron chi connectivity index (χ4n) is 5.36. The molecule has 1 aromatic rings. The van der Waals surface area contributed by atoms with Crippen LogP contribution in [0.1, 0.15) is 63.2 Å². The highest BCUT2D eigenvalue weighted by Gasteiger charge is 2.54. The van der Waals surface area contributed by atoms with E-state index in [-0.39, 0.29) is 11.5 Å². The van der Waals surface area contributed by atoms with E-state index in [0.29, 0.717) is 5.89 Å². The zero-order chi connectivity index (χ0) is 13.0. The summed E-state index contributed by atoms with van der Waals surface area (Å²) < 4.78 is 5.42. The van der Waals surface area contributed by atoms with Crippen molar-refractivity contribution in [2.75, 3.05) is 0 Å². The van der Waals surface area contributed by atoms with Gasteiger partial charge in [0.15, 0.2) is 5.82 Å². The summed E-state index contributed by atoms with van der Waals surface area (Å²) in [5.41, 5.74) is 6.82. The SMILES string of the molecule is CCc1noc(C(N)C23CC4CC(CC(C4)C2)C3)n1. The maximum absolute atomic E-state index is 6.57. The van der Waals surface area contributed by atoms with E-state index >= 15 is 0 Å². The van der Waals surface area contributed by atoms with Crippen LogP contribution >= 0.6 is 0 Å². The van der Waals surface area contributed by atoms with E-state index in [4.69, 9.17) is 10.3 Å². The van der Waals surface area contributed by atoms with Crippen LogP contribution in [-0.4, -0.2) is 10.1 Å². The monoisotopic (exact) mass is 261 g/mol. The number of hydrogen-bond acceptors (Lipinski definition) is 4. The molecule has 1 heterocycles. The van der Waals surface area contributed by atoms with E-state index in [9.17, 15) is 0 Å². The van der Waals surface area contributed by atoms with Gasteiger partial charge in [-0.15, -0.1) is 0 Å². The summed E-state index contributed by atoms with van der Waals surface area (Å²) in [4.78, 5) is 4.48. The molecular formula is C15H23N3O. The average molecular weight is 261 g/mol. The van der Waals surface area contributed by atoms with Crippen LogP contribution in [0.2, 0.25) is 0 Å². The van der Waals surface area contributed by atoms with Crippen molar-refractivity contribution >= 4 is 0 Å². The molecule has 19 heavy (non-hydrogen) atoms. The summed E-state index contributed by atoms with van der Waals surface area (Å²) in [5.74, 6) is 4.19. The van der Waals surface area contributed by atoms with Crippen LogP contribution in [0, 0.1) is 23.2 Å². The normalized spacial score (nSPS) is 41.7. The summed E-state index contributed by atoms with van der Waals surface area (Å²) in [6.45, 7) is 2.05. The molecule has 0 amide bonds. The highest BCUT2D eigenvalue weighted by molar-refractivity contribution is 5.09. The molecule has 0 aliphatic heterocycles. The summed E-state index contributed by atoms with van der Waals surface area (Å²) in [6.07, 6.45) is 8.98. The predicted molar refractivity (Wildman–Crippen MR) is 71.2 cm³/mol. The van der Waals surface area contributed by atoms with Crippen LogP contribution in [0.3, 0.4) is 0 Å². The largest absolute Gasteiger partial charge is 0.338 e. The Bertz CT molecular complexity index is 446. The van der Waals surface area contributed by atoms with Gasteiger partial charge in [-0.25, -0.2) is 0 Å². The van der Waals surface area contributed by atoms with E-state index in [1.54, 1.807) is 0 Å². The summed E-state index contributed by atoms with van der Waals surface area (Å²) in [6, 6.07) is -0.0475. The number of aromatic nitrogens is 2. The summed E-state index contributed by atoms with van der Waals surface area (Å²) in [5, 5.41) is 4.02. The van der Waals surface area contributed by atoms with Gasteiger partial charge in [0, 0.05) is 6.42 Å². The smallest absolute Gasteiger partial charge is 0.244 e. The molecule has 1 atom stereocenters. The van der Waals surface area contributed by atoms with Crippen LogP contribution in [0.15, 0.2) is 4.52 Å². The molecule has 2 N–H and O–H groups in total. The van der Waals surface area contributed by atoms with Crippen LogP contribution in [0.5, 0.6) is 0 Å². The molecule has 0 aromatic carbocycles. The molecule has 5 rings (SSSR count). The van der Waals surface area contributed by atoms with Crippen LogP contribution in [0.25, 0.3) is 0 Å². The standard InChI is InChI=1S/C15H23N3O/c1-2-12-17-14(19-18-12)13(16)15-6-9-3-10(7-15)5-11(4-9)8-15/h9-11,13H,2-8,16H2,1H3. The Morgan fingerprint density at radius 2 is 1.79 bits per heavy atom. The Labute approximate surface area is 114 Å². The first-order chi connectivity index (χ1) is 9.18. The Morgan fingerprint density at radius 3 is 2.26 bits per heavy atom. The first-order valence-corrected chi connectivity index (χ1v) is 7.76. The Morgan fingerprint density at radius 1 is 1.21 bits per heavy atom. The minimum atomic E-state index is -0.0475. The van der Waals surface area contributed by atoms with Gasteiger partial charge in [-0.3, -0.25) is 0 Å². The lowest BCUT2D eigenvalue weighted by atomic mass is 9.48. The molecule has 4 heteroatoms. The average Bonchev–Trinajstić information content (AvgIpc) is 2.84. The first kappa shape index (κ1) is 11.9. The Kier molecular flexibility index (Phi) is 2.53. The van der Waals surface area contributed by atoms with Crippen molar-refractivity contribution in [3.05, 3.63) is 11.7 Å². The third-order valence-corrected chi connectivity index (χ3v) is 5.81. The zero-order valence-electron chi connectivity index (χ0n) is 11.6. The van der Waals surface area contributed by atoms with Gasteiger partial charge in [0.25, 0.3) is 0 Å². The van der Waals surface area contributed by atoms with Crippen molar-refractivity contribution in [2.24, 2.45) is 28.9 Å². The van der Waals surface area contributed by atoms with Crippen molar-refractivity contribution in [3.8, 4) is 0 Å². The molecule has 4 nitrogen and oxygen atoms in total. The minimum Gasteiger partial charge on any atom is -0.338 e. The molecule has 1 aromatic heterocycles. The molecule has 4 aliphatic carbocycles. The molecule has 0 spiro atoms. The van der Waals surface area contributed by atoms with E-state index in [2.05, 4.69) is 10.1 Å². The molecular weight excluding hydrogens is 238 g/mol. The number of hydrogen-bond donors (Lipinski definition) is 1. The third-order valence-electron chi connectivity index (χ3n) is 5.81. The number of aryl methyl sites for hydroxylation is 1. The molecule has 4 bridgehead atoms. The lowest BCUT2D eigenvalue weighted by Crippen LogP contribution is -2.50.